The van der Waals surface area contributed by atoms with E-state index in [1.54, 1.807) is 35.2 Å². The number of amides is 1. The van der Waals surface area contributed by atoms with Gasteiger partial charge < -0.3 is 4.90 Å². The van der Waals surface area contributed by atoms with Gasteiger partial charge in [0.2, 0.25) is 5.91 Å². The largest absolute Gasteiger partial charge is 0.331 e. The molecule has 4 nitrogen and oxygen atoms in total. The molecule has 1 atom stereocenters. The molecule has 7 heteroatoms. The maximum absolute atomic E-state index is 12.9. The molecule has 1 aliphatic heterocycles. The molecule has 1 saturated heterocycles. The summed E-state index contributed by atoms with van der Waals surface area (Å²) >= 11 is 11.9. The van der Waals surface area contributed by atoms with Gasteiger partial charge in [0.15, 0.2) is 9.84 Å². The third-order valence-electron chi connectivity index (χ3n) is 4.46. The van der Waals surface area contributed by atoms with Gasteiger partial charge in [0.25, 0.3) is 0 Å². The highest BCUT2D eigenvalue weighted by atomic mass is 35.5. The van der Waals surface area contributed by atoms with Crippen molar-refractivity contribution in [2.75, 3.05) is 11.5 Å². The van der Waals surface area contributed by atoms with Gasteiger partial charge >= 0.3 is 0 Å². The standard InChI is InChI=1S/C20H19Cl2NO3S/c21-17-7-4-15(5-8-17)6-9-20(24)23(19-10-11-27(25,26)14-19)13-16-2-1-3-18(22)12-16/h1-9,12,19H,10-11,13-14H2/b9-6+. The minimum absolute atomic E-state index is 0.00586. The zero-order chi connectivity index (χ0) is 19.4. The van der Waals surface area contributed by atoms with Gasteiger partial charge in [0, 0.05) is 28.7 Å². The molecule has 0 N–H and O–H groups in total. The van der Waals surface area contributed by atoms with Crippen LogP contribution in [0, 0.1) is 0 Å². The molecular weight excluding hydrogens is 405 g/mol. The molecule has 0 bridgehead atoms. The molecule has 0 spiro atoms. The lowest BCUT2D eigenvalue weighted by Crippen LogP contribution is -2.39. The van der Waals surface area contributed by atoms with Crippen molar-refractivity contribution in [3.63, 3.8) is 0 Å². The smallest absolute Gasteiger partial charge is 0.247 e. The van der Waals surface area contributed by atoms with Crippen molar-refractivity contribution < 1.29 is 13.2 Å². The van der Waals surface area contributed by atoms with E-state index in [1.165, 1.54) is 6.08 Å². The van der Waals surface area contributed by atoms with E-state index in [4.69, 9.17) is 23.2 Å². The molecule has 1 unspecified atom stereocenters. The van der Waals surface area contributed by atoms with Crippen molar-refractivity contribution >= 4 is 45.0 Å². The van der Waals surface area contributed by atoms with E-state index in [0.29, 0.717) is 23.0 Å². The lowest BCUT2D eigenvalue weighted by atomic mass is 10.1. The second-order valence-corrected chi connectivity index (χ2v) is 9.64. The Morgan fingerprint density at radius 3 is 2.48 bits per heavy atom. The summed E-state index contributed by atoms with van der Waals surface area (Å²) in [4.78, 5) is 14.5. The fourth-order valence-electron chi connectivity index (χ4n) is 3.08. The quantitative estimate of drug-likeness (QED) is 0.676. The molecule has 27 heavy (non-hydrogen) atoms. The van der Waals surface area contributed by atoms with Gasteiger partial charge in [-0.1, -0.05) is 47.5 Å². The van der Waals surface area contributed by atoms with Crippen molar-refractivity contribution in [1.29, 1.82) is 0 Å². The predicted molar refractivity (Wildman–Crippen MR) is 110 cm³/mol. The fourth-order valence-corrected chi connectivity index (χ4v) is 5.15. The van der Waals surface area contributed by atoms with Crippen molar-refractivity contribution in [3.8, 4) is 0 Å². The first kappa shape index (κ1) is 19.9. The summed E-state index contributed by atoms with van der Waals surface area (Å²) in [7, 11) is -3.11. The average Bonchev–Trinajstić information content (AvgIpc) is 2.98. The number of carbonyl (C=O) groups is 1. The number of halogens is 2. The van der Waals surface area contributed by atoms with Crippen LogP contribution in [0.4, 0.5) is 0 Å². The minimum Gasteiger partial charge on any atom is -0.331 e. The van der Waals surface area contributed by atoms with Gasteiger partial charge in [0.05, 0.1) is 11.5 Å². The highest BCUT2D eigenvalue weighted by Gasteiger charge is 2.34. The van der Waals surface area contributed by atoms with Crippen LogP contribution in [0.15, 0.2) is 54.6 Å². The maximum atomic E-state index is 12.9. The summed E-state index contributed by atoms with van der Waals surface area (Å²) < 4.78 is 23.8. The highest BCUT2D eigenvalue weighted by molar-refractivity contribution is 7.91. The molecule has 1 fully saturated rings. The number of rotatable bonds is 5. The lowest BCUT2D eigenvalue weighted by molar-refractivity contribution is -0.128. The Balaban J connectivity index is 1.81. The average molecular weight is 424 g/mol. The Kier molecular flexibility index (Phi) is 6.25. The van der Waals surface area contributed by atoms with Crippen LogP contribution in [0.3, 0.4) is 0 Å². The van der Waals surface area contributed by atoms with Crippen LogP contribution in [-0.2, 0) is 21.2 Å². The zero-order valence-corrected chi connectivity index (χ0v) is 16.8. The second-order valence-electron chi connectivity index (χ2n) is 6.54. The molecule has 0 aromatic heterocycles. The Morgan fingerprint density at radius 1 is 1.11 bits per heavy atom. The third kappa shape index (κ3) is 5.58. The molecule has 142 valence electrons. The van der Waals surface area contributed by atoms with E-state index in [1.807, 2.05) is 24.3 Å². The number of benzene rings is 2. The Hall–Kier alpha value is -1.82. The van der Waals surface area contributed by atoms with Crippen molar-refractivity contribution in [2.45, 2.75) is 19.0 Å². The normalized spacial score (nSPS) is 18.7. The Bertz CT molecular complexity index is 955. The molecular formula is C20H19Cl2NO3S. The van der Waals surface area contributed by atoms with E-state index in [2.05, 4.69) is 0 Å². The van der Waals surface area contributed by atoms with Gasteiger partial charge in [-0.3, -0.25) is 4.79 Å². The summed E-state index contributed by atoms with van der Waals surface area (Å²) in [6.07, 6.45) is 3.62. The van der Waals surface area contributed by atoms with E-state index < -0.39 is 9.84 Å². The van der Waals surface area contributed by atoms with Crippen LogP contribution in [-0.4, -0.2) is 36.8 Å². The summed E-state index contributed by atoms with van der Waals surface area (Å²) in [5.41, 5.74) is 1.70. The van der Waals surface area contributed by atoms with E-state index in [-0.39, 0.29) is 23.5 Å². The molecule has 3 rings (SSSR count). The van der Waals surface area contributed by atoms with Gasteiger partial charge in [-0.25, -0.2) is 8.42 Å². The van der Waals surface area contributed by atoms with Gasteiger partial charge in [-0.15, -0.1) is 0 Å². The van der Waals surface area contributed by atoms with Crippen molar-refractivity contribution in [3.05, 3.63) is 75.8 Å². The number of hydrogen-bond acceptors (Lipinski definition) is 3. The molecule has 1 amide bonds. The molecule has 1 aliphatic rings. The Morgan fingerprint density at radius 2 is 1.85 bits per heavy atom. The predicted octanol–water partition coefficient (Wildman–Crippen LogP) is 4.22. The highest BCUT2D eigenvalue weighted by Crippen LogP contribution is 2.22. The zero-order valence-electron chi connectivity index (χ0n) is 14.5. The third-order valence-corrected chi connectivity index (χ3v) is 6.70. The van der Waals surface area contributed by atoms with Gasteiger partial charge in [0.1, 0.15) is 0 Å². The van der Waals surface area contributed by atoms with E-state index in [9.17, 15) is 13.2 Å². The van der Waals surface area contributed by atoms with Crippen LogP contribution in [0.1, 0.15) is 17.5 Å². The number of sulfone groups is 1. The first-order valence-electron chi connectivity index (χ1n) is 8.51. The first-order valence-corrected chi connectivity index (χ1v) is 11.1. The molecule has 2 aromatic carbocycles. The van der Waals surface area contributed by atoms with Gasteiger partial charge in [-0.05, 0) is 47.9 Å². The summed E-state index contributed by atoms with van der Waals surface area (Å²) in [6, 6.07) is 14.0. The number of carbonyl (C=O) groups excluding carboxylic acids is 1. The van der Waals surface area contributed by atoms with Crippen LogP contribution in [0.2, 0.25) is 10.0 Å². The van der Waals surface area contributed by atoms with Crippen LogP contribution in [0.5, 0.6) is 0 Å². The van der Waals surface area contributed by atoms with E-state index in [0.717, 1.165) is 11.1 Å². The molecule has 0 aliphatic carbocycles. The van der Waals surface area contributed by atoms with Crippen molar-refractivity contribution in [1.82, 2.24) is 4.90 Å². The fraction of sp³-hybridized carbons (Fsp3) is 0.250. The molecule has 2 aromatic rings. The Labute approximate surface area is 169 Å². The van der Waals surface area contributed by atoms with Crippen LogP contribution >= 0.6 is 23.2 Å². The molecule has 1 heterocycles. The number of hydrogen-bond donors (Lipinski definition) is 0. The molecule has 0 radical (unpaired) electrons. The van der Waals surface area contributed by atoms with Crippen molar-refractivity contribution in [2.24, 2.45) is 0 Å². The number of nitrogens with zero attached hydrogens (tertiary/aromatic N) is 1. The van der Waals surface area contributed by atoms with Crippen LogP contribution in [0.25, 0.3) is 6.08 Å². The lowest BCUT2D eigenvalue weighted by Gasteiger charge is -2.27. The van der Waals surface area contributed by atoms with Gasteiger partial charge in [-0.2, -0.15) is 0 Å². The SMILES string of the molecule is O=C(/C=C/c1ccc(Cl)cc1)N(Cc1cccc(Cl)c1)C1CCS(=O)(=O)C1. The first-order chi connectivity index (χ1) is 12.8. The second kappa shape index (κ2) is 8.46. The molecule has 0 saturated carbocycles. The summed E-state index contributed by atoms with van der Waals surface area (Å²) in [5.74, 6) is -0.126. The maximum Gasteiger partial charge on any atom is 0.247 e. The van der Waals surface area contributed by atoms with Crippen LogP contribution < -0.4 is 0 Å². The van der Waals surface area contributed by atoms with E-state index >= 15 is 0 Å². The monoisotopic (exact) mass is 423 g/mol. The summed E-state index contributed by atoms with van der Waals surface area (Å²) in [6.45, 7) is 0.310. The topological polar surface area (TPSA) is 54.5 Å². The summed E-state index contributed by atoms with van der Waals surface area (Å²) in [5, 5.41) is 1.20. The minimum atomic E-state index is -3.11.